The molecule has 1 aliphatic rings. The Morgan fingerprint density at radius 1 is 1.11 bits per heavy atom. The highest BCUT2D eigenvalue weighted by molar-refractivity contribution is 5.92. The summed E-state index contributed by atoms with van der Waals surface area (Å²) in [5, 5.41) is 3.21. The van der Waals surface area contributed by atoms with Crippen LogP contribution in [0.1, 0.15) is 36.7 Å². The maximum atomic E-state index is 13.9. The molecule has 0 atom stereocenters. The third kappa shape index (κ3) is 4.93. The predicted molar refractivity (Wildman–Crippen MR) is 105 cm³/mol. The number of piperazine rings is 1. The number of hydrogen-bond acceptors (Lipinski definition) is 5. The second-order valence-corrected chi connectivity index (χ2v) is 6.65. The van der Waals surface area contributed by atoms with E-state index in [-0.39, 0.29) is 11.7 Å². The molecule has 1 aliphatic heterocycles. The number of para-hydroxylation sites is 1. The van der Waals surface area contributed by atoms with E-state index in [1.54, 1.807) is 23.2 Å². The summed E-state index contributed by atoms with van der Waals surface area (Å²) in [6.45, 7) is 5.27. The van der Waals surface area contributed by atoms with Gasteiger partial charge in [0.05, 0.1) is 18.1 Å². The van der Waals surface area contributed by atoms with Gasteiger partial charge in [0, 0.05) is 32.7 Å². The third-order valence-electron chi connectivity index (χ3n) is 4.72. The summed E-state index contributed by atoms with van der Waals surface area (Å²) in [5.41, 5.74) is 0.927. The molecule has 7 heteroatoms. The Bertz CT molecular complexity index is 744. The Labute approximate surface area is 159 Å². The fourth-order valence-electron chi connectivity index (χ4n) is 3.14. The minimum atomic E-state index is -0.231. The van der Waals surface area contributed by atoms with Crippen LogP contribution < -0.4 is 10.2 Å². The predicted octanol–water partition coefficient (Wildman–Crippen LogP) is 3.18. The van der Waals surface area contributed by atoms with E-state index in [1.165, 1.54) is 25.1 Å². The Balaban J connectivity index is 1.52. The molecule has 2 heterocycles. The molecule has 2 aromatic rings. The number of halogens is 1. The first-order valence-electron chi connectivity index (χ1n) is 9.53. The third-order valence-corrected chi connectivity index (χ3v) is 4.72. The largest absolute Gasteiger partial charge is 0.369 e. The summed E-state index contributed by atoms with van der Waals surface area (Å²) >= 11 is 0. The minimum absolute atomic E-state index is 0.131. The van der Waals surface area contributed by atoms with Crippen LogP contribution in [0.4, 0.5) is 15.9 Å². The van der Waals surface area contributed by atoms with Crippen LogP contribution in [-0.2, 0) is 0 Å². The smallest absolute Gasteiger partial charge is 0.274 e. The van der Waals surface area contributed by atoms with Crippen molar-refractivity contribution in [1.82, 2.24) is 14.9 Å². The summed E-state index contributed by atoms with van der Waals surface area (Å²) in [6, 6.07) is 6.73. The number of nitrogens with zero attached hydrogens (tertiary/aromatic N) is 4. The van der Waals surface area contributed by atoms with E-state index in [2.05, 4.69) is 22.2 Å². The molecule has 1 aromatic heterocycles. The van der Waals surface area contributed by atoms with Crippen molar-refractivity contribution in [1.29, 1.82) is 0 Å². The highest BCUT2D eigenvalue weighted by atomic mass is 19.1. The van der Waals surface area contributed by atoms with Crippen LogP contribution in [-0.4, -0.2) is 53.5 Å². The first-order valence-corrected chi connectivity index (χ1v) is 9.53. The molecule has 1 aromatic carbocycles. The lowest BCUT2D eigenvalue weighted by Gasteiger charge is -2.36. The van der Waals surface area contributed by atoms with Gasteiger partial charge in [-0.05, 0) is 18.6 Å². The van der Waals surface area contributed by atoms with E-state index in [0.717, 1.165) is 13.0 Å². The van der Waals surface area contributed by atoms with E-state index in [1.807, 2.05) is 11.0 Å². The average Bonchev–Trinajstić information content (AvgIpc) is 2.72. The van der Waals surface area contributed by atoms with E-state index >= 15 is 0 Å². The van der Waals surface area contributed by atoms with Gasteiger partial charge in [-0.1, -0.05) is 31.9 Å². The van der Waals surface area contributed by atoms with Gasteiger partial charge >= 0.3 is 0 Å². The quantitative estimate of drug-likeness (QED) is 0.758. The molecule has 1 fully saturated rings. The van der Waals surface area contributed by atoms with Crippen LogP contribution in [0, 0.1) is 5.82 Å². The number of carbonyl (C=O) groups is 1. The zero-order chi connectivity index (χ0) is 19.1. The van der Waals surface area contributed by atoms with Crippen LogP contribution in [0.3, 0.4) is 0 Å². The average molecular weight is 371 g/mol. The van der Waals surface area contributed by atoms with Gasteiger partial charge in [-0.15, -0.1) is 0 Å². The first-order chi connectivity index (χ1) is 13.2. The van der Waals surface area contributed by atoms with Gasteiger partial charge in [0.15, 0.2) is 0 Å². The number of benzene rings is 1. The lowest BCUT2D eigenvalue weighted by atomic mass is 10.2. The number of anilines is 2. The Morgan fingerprint density at radius 2 is 1.89 bits per heavy atom. The maximum absolute atomic E-state index is 13.9. The van der Waals surface area contributed by atoms with E-state index in [4.69, 9.17) is 0 Å². The summed E-state index contributed by atoms with van der Waals surface area (Å²) in [7, 11) is 0. The maximum Gasteiger partial charge on any atom is 0.274 e. The SMILES string of the molecule is CCCCCNc1cnc(C(=O)N2CCN(c3ccccc3F)CC2)cn1. The highest BCUT2D eigenvalue weighted by Crippen LogP contribution is 2.20. The van der Waals surface area contributed by atoms with Gasteiger partial charge < -0.3 is 15.1 Å². The molecule has 0 aliphatic carbocycles. The summed E-state index contributed by atoms with van der Waals surface area (Å²) in [5.74, 6) is 0.324. The van der Waals surface area contributed by atoms with Crippen molar-refractivity contribution >= 4 is 17.4 Å². The lowest BCUT2D eigenvalue weighted by molar-refractivity contribution is 0.0740. The summed E-state index contributed by atoms with van der Waals surface area (Å²) < 4.78 is 13.9. The van der Waals surface area contributed by atoms with Crippen LogP contribution in [0.15, 0.2) is 36.7 Å². The van der Waals surface area contributed by atoms with E-state index in [9.17, 15) is 9.18 Å². The molecular weight excluding hydrogens is 345 g/mol. The Hall–Kier alpha value is -2.70. The van der Waals surface area contributed by atoms with Crippen molar-refractivity contribution < 1.29 is 9.18 Å². The highest BCUT2D eigenvalue weighted by Gasteiger charge is 2.24. The molecular formula is C20H26FN5O. The lowest BCUT2D eigenvalue weighted by Crippen LogP contribution is -2.49. The number of aromatic nitrogens is 2. The van der Waals surface area contributed by atoms with Crippen molar-refractivity contribution in [2.24, 2.45) is 0 Å². The van der Waals surface area contributed by atoms with E-state index in [0.29, 0.717) is 43.4 Å². The Morgan fingerprint density at radius 3 is 2.56 bits per heavy atom. The second kappa shape index (κ2) is 9.30. The summed E-state index contributed by atoms with van der Waals surface area (Å²) in [6.07, 6.45) is 6.56. The number of hydrogen-bond donors (Lipinski definition) is 1. The van der Waals surface area contributed by atoms with Crippen LogP contribution in [0.5, 0.6) is 0 Å². The minimum Gasteiger partial charge on any atom is -0.369 e. The first kappa shape index (κ1) is 19.1. The van der Waals surface area contributed by atoms with Crippen molar-refractivity contribution in [2.75, 3.05) is 42.9 Å². The van der Waals surface area contributed by atoms with Gasteiger partial charge in [0.1, 0.15) is 17.3 Å². The van der Waals surface area contributed by atoms with Gasteiger partial charge in [-0.3, -0.25) is 4.79 Å². The molecule has 1 saturated heterocycles. The molecule has 144 valence electrons. The van der Waals surface area contributed by atoms with Crippen molar-refractivity contribution in [3.63, 3.8) is 0 Å². The topological polar surface area (TPSA) is 61.4 Å². The Kier molecular flexibility index (Phi) is 6.57. The molecule has 1 amide bonds. The molecule has 1 N–H and O–H groups in total. The number of nitrogens with one attached hydrogen (secondary N) is 1. The van der Waals surface area contributed by atoms with Gasteiger partial charge in [-0.25, -0.2) is 14.4 Å². The van der Waals surface area contributed by atoms with Crippen LogP contribution >= 0.6 is 0 Å². The summed E-state index contributed by atoms with van der Waals surface area (Å²) in [4.78, 5) is 24.9. The molecule has 0 spiro atoms. The molecule has 0 radical (unpaired) electrons. The van der Waals surface area contributed by atoms with Crippen molar-refractivity contribution in [3.8, 4) is 0 Å². The zero-order valence-corrected chi connectivity index (χ0v) is 15.7. The molecule has 27 heavy (non-hydrogen) atoms. The van der Waals surface area contributed by atoms with Crippen molar-refractivity contribution in [2.45, 2.75) is 26.2 Å². The number of amides is 1. The molecule has 0 bridgehead atoms. The van der Waals surface area contributed by atoms with Crippen LogP contribution in [0.2, 0.25) is 0 Å². The molecule has 3 rings (SSSR count). The van der Waals surface area contributed by atoms with E-state index < -0.39 is 0 Å². The van der Waals surface area contributed by atoms with Crippen molar-refractivity contribution in [3.05, 3.63) is 48.2 Å². The second-order valence-electron chi connectivity index (χ2n) is 6.65. The number of unbranched alkanes of at least 4 members (excludes halogenated alkanes) is 2. The molecule has 6 nitrogen and oxygen atoms in total. The zero-order valence-electron chi connectivity index (χ0n) is 15.7. The van der Waals surface area contributed by atoms with Gasteiger partial charge in [0.25, 0.3) is 5.91 Å². The normalized spacial score (nSPS) is 14.3. The number of rotatable bonds is 7. The molecule has 0 saturated carbocycles. The standard InChI is InChI=1S/C20H26FN5O/c1-2-3-6-9-22-19-15-23-17(14-24-19)20(27)26-12-10-25(11-13-26)18-8-5-4-7-16(18)21/h4-5,7-8,14-15H,2-3,6,9-13H2,1H3,(H,22,24). The number of carbonyl (C=O) groups excluding carboxylic acids is 1. The monoisotopic (exact) mass is 371 g/mol. The molecule has 0 unspecified atom stereocenters. The van der Waals surface area contributed by atoms with Gasteiger partial charge in [-0.2, -0.15) is 0 Å². The fraction of sp³-hybridized carbons (Fsp3) is 0.450. The van der Waals surface area contributed by atoms with Gasteiger partial charge in [0.2, 0.25) is 0 Å². The fourth-order valence-corrected chi connectivity index (χ4v) is 3.14. The van der Waals surface area contributed by atoms with Crippen LogP contribution in [0.25, 0.3) is 0 Å².